The molecule has 1 heterocycles. The fraction of sp³-hybridized carbons (Fsp3) is 0.167. The Kier molecular flexibility index (Phi) is 3.02. The Morgan fingerprint density at radius 3 is 2.67 bits per heavy atom. The standard InChI is InChI=1S/C6H8N2.ClH/c1-3-6-7-4-5-8(6)2;/h3-5H,1H2,2H3;1H/p-1. The first-order valence-electron chi connectivity index (χ1n) is 2.44. The predicted octanol–water partition coefficient (Wildman–Crippen LogP) is -1.93. The summed E-state index contributed by atoms with van der Waals surface area (Å²) in [6, 6.07) is 0. The second-order valence-corrected chi connectivity index (χ2v) is 1.60. The molecule has 0 aliphatic heterocycles. The third-order valence-corrected chi connectivity index (χ3v) is 1.04. The van der Waals surface area contributed by atoms with Gasteiger partial charge in [-0.2, -0.15) is 0 Å². The van der Waals surface area contributed by atoms with Crippen LogP contribution in [0.4, 0.5) is 0 Å². The summed E-state index contributed by atoms with van der Waals surface area (Å²) < 4.78 is 1.91. The predicted molar refractivity (Wildman–Crippen MR) is 33.3 cm³/mol. The maximum atomic E-state index is 3.98. The molecule has 0 spiro atoms. The minimum Gasteiger partial charge on any atom is -1.00 e. The van der Waals surface area contributed by atoms with Gasteiger partial charge in [-0.3, -0.25) is 0 Å². The molecule has 50 valence electrons. The number of aromatic nitrogens is 2. The SMILES string of the molecule is C=Cc1nccn1C.[Cl-]. The van der Waals surface area contributed by atoms with E-state index >= 15 is 0 Å². The molecule has 0 atom stereocenters. The zero-order valence-electron chi connectivity index (χ0n) is 5.21. The van der Waals surface area contributed by atoms with Crippen LogP contribution >= 0.6 is 0 Å². The Labute approximate surface area is 60.6 Å². The Balaban J connectivity index is 0.000000640. The highest BCUT2D eigenvalue weighted by molar-refractivity contribution is 5.35. The molecule has 0 radical (unpaired) electrons. The smallest absolute Gasteiger partial charge is 0.131 e. The Morgan fingerprint density at radius 1 is 1.78 bits per heavy atom. The minimum atomic E-state index is 0. The molecule has 0 aliphatic rings. The van der Waals surface area contributed by atoms with E-state index in [1.54, 1.807) is 12.3 Å². The first-order chi connectivity index (χ1) is 3.84. The van der Waals surface area contributed by atoms with E-state index in [4.69, 9.17) is 0 Å². The summed E-state index contributed by atoms with van der Waals surface area (Å²) in [5.41, 5.74) is 0. The van der Waals surface area contributed by atoms with Gasteiger partial charge in [0.2, 0.25) is 0 Å². The highest BCUT2D eigenvalue weighted by Crippen LogP contribution is 1.92. The molecular formula is C6H8ClN2-. The molecule has 0 aliphatic carbocycles. The van der Waals surface area contributed by atoms with Crippen LogP contribution in [0.3, 0.4) is 0 Å². The van der Waals surface area contributed by atoms with Gasteiger partial charge in [-0.25, -0.2) is 4.98 Å². The van der Waals surface area contributed by atoms with Gasteiger partial charge in [-0.1, -0.05) is 6.58 Å². The molecule has 1 rings (SSSR count). The fourth-order valence-electron chi connectivity index (χ4n) is 0.574. The van der Waals surface area contributed by atoms with Crippen molar-refractivity contribution in [3.8, 4) is 0 Å². The molecule has 1 aromatic rings. The van der Waals surface area contributed by atoms with E-state index in [0.29, 0.717) is 0 Å². The second kappa shape index (κ2) is 3.30. The summed E-state index contributed by atoms with van der Waals surface area (Å²) in [5, 5.41) is 0. The van der Waals surface area contributed by atoms with Crippen molar-refractivity contribution in [2.45, 2.75) is 0 Å². The molecule has 0 N–H and O–H groups in total. The maximum Gasteiger partial charge on any atom is 0.131 e. The molecule has 1 aromatic heterocycles. The van der Waals surface area contributed by atoms with E-state index in [0.717, 1.165) is 5.82 Å². The molecule has 3 heteroatoms. The number of rotatable bonds is 1. The molecule has 0 amide bonds. The molecule has 2 nitrogen and oxygen atoms in total. The van der Waals surface area contributed by atoms with Gasteiger partial charge < -0.3 is 17.0 Å². The quantitative estimate of drug-likeness (QED) is 0.448. The highest BCUT2D eigenvalue weighted by Gasteiger charge is 1.87. The van der Waals surface area contributed by atoms with E-state index in [9.17, 15) is 0 Å². The summed E-state index contributed by atoms with van der Waals surface area (Å²) in [7, 11) is 1.93. The first-order valence-corrected chi connectivity index (χ1v) is 2.44. The second-order valence-electron chi connectivity index (χ2n) is 1.60. The molecular weight excluding hydrogens is 136 g/mol. The maximum absolute atomic E-state index is 3.98. The Hall–Kier alpha value is -0.760. The van der Waals surface area contributed by atoms with E-state index in [1.807, 2.05) is 17.8 Å². The van der Waals surface area contributed by atoms with Crippen molar-refractivity contribution in [1.82, 2.24) is 9.55 Å². The van der Waals surface area contributed by atoms with E-state index in [2.05, 4.69) is 11.6 Å². The van der Waals surface area contributed by atoms with Crippen molar-refractivity contribution < 1.29 is 12.4 Å². The van der Waals surface area contributed by atoms with E-state index in [-0.39, 0.29) is 12.4 Å². The van der Waals surface area contributed by atoms with Crippen LogP contribution in [0.25, 0.3) is 6.08 Å². The Morgan fingerprint density at radius 2 is 2.44 bits per heavy atom. The van der Waals surface area contributed by atoms with Crippen molar-refractivity contribution in [3.05, 3.63) is 24.8 Å². The highest BCUT2D eigenvalue weighted by atomic mass is 35.5. The van der Waals surface area contributed by atoms with Crippen LogP contribution in [0.15, 0.2) is 19.0 Å². The number of nitrogens with zero attached hydrogens (tertiary/aromatic N) is 2. The third kappa shape index (κ3) is 1.57. The third-order valence-electron chi connectivity index (χ3n) is 1.04. The normalized spacial score (nSPS) is 8.11. The topological polar surface area (TPSA) is 17.8 Å². The summed E-state index contributed by atoms with van der Waals surface area (Å²) in [5.74, 6) is 0.907. The van der Waals surface area contributed by atoms with Crippen LogP contribution in [0.2, 0.25) is 0 Å². The van der Waals surface area contributed by atoms with Gasteiger partial charge in [0, 0.05) is 19.4 Å². The van der Waals surface area contributed by atoms with Crippen LogP contribution in [0.5, 0.6) is 0 Å². The van der Waals surface area contributed by atoms with Crippen LogP contribution in [0, 0.1) is 0 Å². The molecule has 0 fully saturated rings. The average Bonchev–Trinajstić information content (AvgIpc) is 2.14. The van der Waals surface area contributed by atoms with Gasteiger partial charge in [0.15, 0.2) is 0 Å². The van der Waals surface area contributed by atoms with Gasteiger partial charge in [-0.15, -0.1) is 0 Å². The van der Waals surface area contributed by atoms with Crippen LogP contribution in [0.1, 0.15) is 5.82 Å². The largest absolute Gasteiger partial charge is 1.00 e. The molecule has 0 saturated heterocycles. The number of imidazole rings is 1. The van der Waals surface area contributed by atoms with Crippen molar-refractivity contribution in [2.24, 2.45) is 7.05 Å². The van der Waals surface area contributed by atoms with Crippen LogP contribution < -0.4 is 12.4 Å². The molecule has 0 unspecified atom stereocenters. The summed E-state index contributed by atoms with van der Waals surface area (Å²) in [6.45, 7) is 3.58. The number of hydrogen-bond donors (Lipinski definition) is 0. The van der Waals surface area contributed by atoms with Crippen molar-refractivity contribution in [2.75, 3.05) is 0 Å². The van der Waals surface area contributed by atoms with E-state index < -0.39 is 0 Å². The first kappa shape index (κ1) is 8.24. The van der Waals surface area contributed by atoms with Gasteiger partial charge in [0.25, 0.3) is 0 Å². The number of hydrogen-bond acceptors (Lipinski definition) is 1. The van der Waals surface area contributed by atoms with Crippen LogP contribution in [-0.4, -0.2) is 9.55 Å². The summed E-state index contributed by atoms with van der Waals surface area (Å²) in [6.07, 6.45) is 5.36. The number of aryl methyl sites for hydroxylation is 1. The summed E-state index contributed by atoms with van der Waals surface area (Å²) in [4.78, 5) is 3.98. The number of halogens is 1. The molecule has 9 heavy (non-hydrogen) atoms. The molecule has 0 bridgehead atoms. The van der Waals surface area contributed by atoms with Gasteiger partial charge in [-0.05, 0) is 6.08 Å². The average molecular weight is 144 g/mol. The minimum absolute atomic E-state index is 0. The van der Waals surface area contributed by atoms with Gasteiger partial charge >= 0.3 is 0 Å². The zero-order chi connectivity index (χ0) is 5.98. The van der Waals surface area contributed by atoms with Crippen molar-refractivity contribution >= 4 is 6.08 Å². The van der Waals surface area contributed by atoms with Crippen molar-refractivity contribution in [3.63, 3.8) is 0 Å². The van der Waals surface area contributed by atoms with Gasteiger partial charge in [0.05, 0.1) is 0 Å². The zero-order valence-corrected chi connectivity index (χ0v) is 5.97. The lowest BCUT2D eigenvalue weighted by Gasteiger charge is -1.89. The summed E-state index contributed by atoms with van der Waals surface area (Å²) >= 11 is 0. The molecule has 0 aromatic carbocycles. The Bertz CT molecular complexity index is 193. The lowest BCUT2D eigenvalue weighted by atomic mass is 10.6. The van der Waals surface area contributed by atoms with E-state index in [1.165, 1.54) is 0 Å². The molecule has 0 saturated carbocycles. The van der Waals surface area contributed by atoms with Crippen molar-refractivity contribution in [1.29, 1.82) is 0 Å². The van der Waals surface area contributed by atoms with Crippen LogP contribution in [-0.2, 0) is 7.05 Å². The fourth-order valence-corrected chi connectivity index (χ4v) is 0.574. The monoisotopic (exact) mass is 143 g/mol. The lowest BCUT2D eigenvalue weighted by Crippen LogP contribution is -3.00. The van der Waals surface area contributed by atoms with Gasteiger partial charge in [0.1, 0.15) is 5.82 Å². The lowest BCUT2D eigenvalue weighted by molar-refractivity contribution is -0.00000178.